The molecule has 2 N–H and O–H groups in total. The van der Waals surface area contributed by atoms with Gasteiger partial charge in [-0.1, -0.05) is 41.9 Å². The van der Waals surface area contributed by atoms with Gasteiger partial charge in [-0.25, -0.2) is 4.39 Å². The van der Waals surface area contributed by atoms with Crippen LogP contribution in [0.15, 0.2) is 60.3 Å². The smallest absolute Gasteiger partial charge is 0.263 e. The Kier molecular flexibility index (Phi) is 6.35. The maximum absolute atomic E-state index is 13.1. The van der Waals surface area contributed by atoms with Crippen molar-refractivity contribution >= 4 is 17.5 Å². The molecule has 0 aliphatic carbocycles. The van der Waals surface area contributed by atoms with Crippen LogP contribution < -0.4 is 10.6 Å². The number of nitrogens with one attached hydrogen (secondary N) is 2. The van der Waals surface area contributed by atoms with Crippen molar-refractivity contribution in [2.45, 2.75) is 13.1 Å². The molecule has 0 atom stereocenters. The third kappa shape index (κ3) is 5.11. The molecule has 0 radical (unpaired) electrons. The van der Waals surface area contributed by atoms with Crippen LogP contribution in [-0.2, 0) is 17.9 Å². The van der Waals surface area contributed by atoms with Gasteiger partial charge in [0.05, 0.1) is 0 Å². The lowest BCUT2D eigenvalue weighted by molar-refractivity contribution is -0.117. The lowest BCUT2D eigenvalue weighted by atomic mass is 10.2. The highest BCUT2D eigenvalue weighted by atomic mass is 35.5. The van der Waals surface area contributed by atoms with E-state index in [0.29, 0.717) is 17.1 Å². The molecule has 1 amide bonds. The van der Waals surface area contributed by atoms with Crippen molar-refractivity contribution in [2.75, 3.05) is 0 Å². The highest BCUT2D eigenvalue weighted by molar-refractivity contribution is 6.31. The first-order valence-electron chi connectivity index (χ1n) is 7.20. The third-order valence-electron chi connectivity index (χ3n) is 3.20. The highest BCUT2D eigenvalue weighted by Crippen LogP contribution is 2.14. The number of hydrogen-bond acceptors (Lipinski definition) is 3. The molecule has 122 valence electrons. The van der Waals surface area contributed by atoms with Crippen LogP contribution in [0.5, 0.6) is 0 Å². The van der Waals surface area contributed by atoms with E-state index in [0.717, 1.165) is 5.56 Å². The Hall–Kier alpha value is -2.84. The Labute approximate surface area is 144 Å². The summed E-state index contributed by atoms with van der Waals surface area (Å²) in [4.78, 5) is 12.0. The van der Waals surface area contributed by atoms with Crippen LogP contribution in [-0.4, -0.2) is 5.91 Å². The summed E-state index contributed by atoms with van der Waals surface area (Å²) >= 11 is 6.01. The molecule has 0 bridgehead atoms. The lowest BCUT2D eigenvalue weighted by Gasteiger charge is -2.07. The maximum Gasteiger partial charge on any atom is 0.263 e. The molecule has 0 aliphatic heterocycles. The van der Waals surface area contributed by atoms with Crippen LogP contribution in [0.1, 0.15) is 11.1 Å². The number of nitrogens with zero attached hydrogens (tertiary/aromatic N) is 1. The van der Waals surface area contributed by atoms with E-state index in [1.165, 1.54) is 18.3 Å². The van der Waals surface area contributed by atoms with E-state index in [1.54, 1.807) is 30.3 Å². The van der Waals surface area contributed by atoms with Gasteiger partial charge in [-0.05, 0) is 29.3 Å². The zero-order valence-corrected chi connectivity index (χ0v) is 13.5. The summed E-state index contributed by atoms with van der Waals surface area (Å²) in [6.07, 6.45) is 1.31. The van der Waals surface area contributed by atoms with Gasteiger partial charge in [-0.3, -0.25) is 4.79 Å². The molecule has 0 aromatic heterocycles. The molecule has 2 rings (SSSR count). The first kappa shape index (κ1) is 17.5. The van der Waals surface area contributed by atoms with Gasteiger partial charge < -0.3 is 10.6 Å². The van der Waals surface area contributed by atoms with Gasteiger partial charge in [-0.2, -0.15) is 5.26 Å². The van der Waals surface area contributed by atoms with Gasteiger partial charge in [0.25, 0.3) is 5.91 Å². The summed E-state index contributed by atoms with van der Waals surface area (Å²) in [6.45, 7) is 0.530. The second-order valence-corrected chi connectivity index (χ2v) is 5.36. The maximum atomic E-state index is 13.1. The Morgan fingerprint density at radius 2 is 2.00 bits per heavy atom. The van der Waals surface area contributed by atoms with Crippen LogP contribution in [0.25, 0.3) is 0 Å². The average molecular weight is 344 g/mol. The van der Waals surface area contributed by atoms with Gasteiger partial charge in [0.1, 0.15) is 17.5 Å². The predicted molar refractivity (Wildman–Crippen MR) is 90.2 cm³/mol. The molecule has 0 spiro atoms. The minimum atomic E-state index is -0.510. The number of carbonyl (C=O) groups is 1. The zero-order chi connectivity index (χ0) is 17.4. The lowest BCUT2D eigenvalue weighted by Crippen LogP contribution is -2.25. The summed E-state index contributed by atoms with van der Waals surface area (Å²) in [7, 11) is 0. The van der Waals surface area contributed by atoms with Crippen molar-refractivity contribution in [1.82, 2.24) is 10.6 Å². The summed E-state index contributed by atoms with van der Waals surface area (Å²) in [6, 6.07) is 15.0. The van der Waals surface area contributed by atoms with Gasteiger partial charge in [0.15, 0.2) is 0 Å². The molecule has 4 nitrogen and oxygen atoms in total. The Balaban J connectivity index is 1.91. The molecular formula is C18H15ClFN3O. The molecule has 2 aromatic rings. The number of halogens is 2. The van der Waals surface area contributed by atoms with Crippen molar-refractivity contribution in [3.05, 3.63) is 82.3 Å². The summed E-state index contributed by atoms with van der Waals surface area (Å²) in [5.41, 5.74) is 1.40. The fraction of sp³-hybridized carbons (Fsp3) is 0.111. The van der Waals surface area contributed by atoms with Gasteiger partial charge in [0, 0.05) is 24.3 Å². The van der Waals surface area contributed by atoms with E-state index in [-0.39, 0.29) is 17.9 Å². The van der Waals surface area contributed by atoms with Crippen LogP contribution >= 0.6 is 11.6 Å². The zero-order valence-electron chi connectivity index (χ0n) is 12.7. The van der Waals surface area contributed by atoms with Crippen molar-refractivity contribution in [3.63, 3.8) is 0 Å². The standard InChI is InChI=1S/C18H15ClFN3O/c19-17-7-2-1-5-14(17)12-23-18(24)15(9-21)11-22-10-13-4-3-6-16(20)8-13/h1-8,11,22H,10,12H2,(H,23,24)/b15-11-. The van der Waals surface area contributed by atoms with Gasteiger partial charge >= 0.3 is 0 Å². The molecule has 2 aromatic carbocycles. The molecule has 0 heterocycles. The fourth-order valence-corrected chi connectivity index (χ4v) is 2.18. The molecule has 0 unspecified atom stereocenters. The Bertz CT molecular complexity index is 799. The van der Waals surface area contributed by atoms with Crippen LogP contribution in [0, 0.1) is 17.1 Å². The van der Waals surface area contributed by atoms with E-state index in [2.05, 4.69) is 10.6 Å². The number of carbonyl (C=O) groups excluding carboxylic acids is 1. The fourth-order valence-electron chi connectivity index (χ4n) is 1.98. The average Bonchev–Trinajstić information content (AvgIpc) is 2.58. The van der Waals surface area contributed by atoms with Crippen LogP contribution in [0.3, 0.4) is 0 Å². The van der Waals surface area contributed by atoms with Gasteiger partial charge in [-0.15, -0.1) is 0 Å². The molecule has 0 saturated carbocycles. The van der Waals surface area contributed by atoms with E-state index >= 15 is 0 Å². The Morgan fingerprint density at radius 3 is 2.71 bits per heavy atom. The minimum Gasteiger partial charge on any atom is -0.386 e. The number of amides is 1. The van der Waals surface area contributed by atoms with E-state index in [1.807, 2.05) is 12.1 Å². The van der Waals surface area contributed by atoms with Crippen molar-refractivity contribution < 1.29 is 9.18 Å². The molecule has 0 saturated heterocycles. The molecule has 0 fully saturated rings. The first-order valence-corrected chi connectivity index (χ1v) is 7.57. The first-order chi connectivity index (χ1) is 11.6. The quantitative estimate of drug-likeness (QED) is 0.625. The van der Waals surface area contributed by atoms with Crippen molar-refractivity contribution in [3.8, 4) is 6.07 Å². The molecule has 6 heteroatoms. The van der Waals surface area contributed by atoms with Gasteiger partial charge in [0.2, 0.25) is 0 Å². The number of benzene rings is 2. The highest BCUT2D eigenvalue weighted by Gasteiger charge is 2.09. The monoisotopic (exact) mass is 343 g/mol. The predicted octanol–water partition coefficient (Wildman–Crippen LogP) is 3.29. The van der Waals surface area contributed by atoms with E-state index in [4.69, 9.17) is 16.9 Å². The largest absolute Gasteiger partial charge is 0.386 e. The second-order valence-electron chi connectivity index (χ2n) is 4.95. The Morgan fingerprint density at radius 1 is 1.21 bits per heavy atom. The van der Waals surface area contributed by atoms with Crippen molar-refractivity contribution in [1.29, 1.82) is 5.26 Å². The molecule has 24 heavy (non-hydrogen) atoms. The van der Waals surface area contributed by atoms with Crippen LogP contribution in [0.2, 0.25) is 5.02 Å². The summed E-state index contributed by atoms with van der Waals surface area (Å²) < 4.78 is 13.1. The number of hydrogen-bond donors (Lipinski definition) is 2. The summed E-state index contributed by atoms with van der Waals surface area (Å²) in [5.74, 6) is -0.847. The molecular weight excluding hydrogens is 329 g/mol. The number of rotatable bonds is 6. The molecule has 0 aliphatic rings. The van der Waals surface area contributed by atoms with E-state index in [9.17, 15) is 9.18 Å². The topological polar surface area (TPSA) is 64.9 Å². The van der Waals surface area contributed by atoms with E-state index < -0.39 is 5.91 Å². The normalized spacial score (nSPS) is 10.8. The third-order valence-corrected chi connectivity index (χ3v) is 3.57. The SMILES string of the molecule is N#C/C(=C/NCc1cccc(F)c1)C(=O)NCc1ccccc1Cl. The summed E-state index contributed by atoms with van der Waals surface area (Å²) in [5, 5.41) is 15.1. The minimum absolute atomic E-state index is 0.0709. The second kappa shape index (κ2) is 8.70. The van der Waals surface area contributed by atoms with Crippen molar-refractivity contribution in [2.24, 2.45) is 0 Å². The number of nitriles is 1. The van der Waals surface area contributed by atoms with Crippen LogP contribution in [0.4, 0.5) is 4.39 Å².